The van der Waals surface area contributed by atoms with Crippen molar-refractivity contribution in [1.82, 2.24) is 10.6 Å². The summed E-state index contributed by atoms with van der Waals surface area (Å²) < 4.78 is 5.03. The van der Waals surface area contributed by atoms with Crippen molar-refractivity contribution < 1.29 is 9.53 Å². The Kier molecular flexibility index (Phi) is 6.81. The third kappa shape index (κ3) is 5.57. The molecule has 0 aromatic rings. The van der Waals surface area contributed by atoms with Gasteiger partial charge in [0.2, 0.25) is 5.91 Å². The lowest BCUT2D eigenvalue weighted by Gasteiger charge is -2.15. The van der Waals surface area contributed by atoms with Gasteiger partial charge in [-0.1, -0.05) is 5.92 Å². The fourth-order valence-corrected chi connectivity index (χ4v) is 0.810. The Balaban J connectivity index is 3.68. The number of hydrogen-bond donors (Lipinski definition) is 2. The van der Waals surface area contributed by atoms with E-state index in [9.17, 15) is 4.79 Å². The summed E-state index contributed by atoms with van der Waals surface area (Å²) in [5, 5.41) is 5.63. The summed E-state index contributed by atoms with van der Waals surface area (Å²) in [4.78, 5) is 11.3. The lowest BCUT2D eigenvalue weighted by Crippen LogP contribution is -2.44. The second-order valence-corrected chi connectivity index (χ2v) is 3.10. The van der Waals surface area contributed by atoms with Crippen molar-refractivity contribution in [1.29, 1.82) is 0 Å². The van der Waals surface area contributed by atoms with Crippen LogP contribution >= 0.6 is 0 Å². The van der Waals surface area contributed by atoms with Crippen molar-refractivity contribution in [3.63, 3.8) is 0 Å². The first-order chi connectivity index (χ1) is 6.61. The van der Waals surface area contributed by atoms with Crippen molar-refractivity contribution in [3.05, 3.63) is 0 Å². The van der Waals surface area contributed by atoms with Gasteiger partial charge in [0.1, 0.15) is 0 Å². The van der Waals surface area contributed by atoms with Gasteiger partial charge in [-0.15, -0.1) is 6.42 Å². The molecule has 0 aromatic carbocycles. The second kappa shape index (κ2) is 7.36. The molecule has 0 aliphatic heterocycles. The average Bonchev–Trinajstić information content (AvgIpc) is 2.21. The number of carbonyl (C=O) groups excluding carboxylic acids is 1. The summed E-state index contributed by atoms with van der Waals surface area (Å²) in [6, 6.07) is -0.249. The predicted molar refractivity (Wildman–Crippen MR) is 55.8 cm³/mol. The molecule has 0 saturated carbocycles. The van der Waals surface area contributed by atoms with Crippen LogP contribution in [0, 0.1) is 12.3 Å². The van der Waals surface area contributed by atoms with Crippen molar-refractivity contribution in [2.45, 2.75) is 26.0 Å². The van der Waals surface area contributed by atoms with E-state index >= 15 is 0 Å². The van der Waals surface area contributed by atoms with Gasteiger partial charge in [0.25, 0.3) is 0 Å². The Bertz CT molecular complexity index is 211. The van der Waals surface area contributed by atoms with Crippen molar-refractivity contribution in [3.8, 4) is 12.3 Å². The molecule has 4 heteroatoms. The minimum absolute atomic E-state index is 0.0914. The second-order valence-electron chi connectivity index (χ2n) is 3.10. The molecule has 0 heterocycles. The summed E-state index contributed by atoms with van der Waals surface area (Å²) in [5.41, 5.74) is 0. The fraction of sp³-hybridized carbons (Fsp3) is 0.700. The number of amides is 1. The molecule has 2 atom stereocenters. The monoisotopic (exact) mass is 198 g/mol. The highest BCUT2D eigenvalue weighted by Gasteiger charge is 2.11. The van der Waals surface area contributed by atoms with Gasteiger partial charge in [0, 0.05) is 13.7 Å². The lowest BCUT2D eigenvalue weighted by atomic mass is 10.3. The Morgan fingerprint density at radius 1 is 1.57 bits per heavy atom. The topological polar surface area (TPSA) is 50.4 Å². The molecule has 0 aliphatic carbocycles. The SMILES string of the molecule is C#CCNC(=O)C(C)NCC(C)OC. The quantitative estimate of drug-likeness (QED) is 0.579. The minimum Gasteiger partial charge on any atom is -0.380 e. The number of terminal acetylenes is 1. The predicted octanol–water partition coefficient (Wildman–Crippen LogP) is -0.251. The van der Waals surface area contributed by atoms with Crippen LogP contribution in [0.2, 0.25) is 0 Å². The molecule has 0 saturated heterocycles. The largest absolute Gasteiger partial charge is 0.380 e. The zero-order valence-corrected chi connectivity index (χ0v) is 8.96. The van der Waals surface area contributed by atoms with Crippen LogP contribution in [0.15, 0.2) is 0 Å². The zero-order chi connectivity index (χ0) is 11.0. The Morgan fingerprint density at radius 2 is 2.21 bits per heavy atom. The highest BCUT2D eigenvalue weighted by Crippen LogP contribution is 1.87. The number of hydrogen-bond acceptors (Lipinski definition) is 3. The van der Waals surface area contributed by atoms with Gasteiger partial charge in [-0.05, 0) is 13.8 Å². The maximum absolute atomic E-state index is 11.3. The minimum atomic E-state index is -0.249. The molecule has 0 fully saturated rings. The van der Waals surface area contributed by atoms with E-state index in [1.165, 1.54) is 0 Å². The lowest BCUT2D eigenvalue weighted by molar-refractivity contribution is -0.122. The Labute approximate surface area is 85.4 Å². The van der Waals surface area contributed by atoms with Crippen molar-refractivity contribution in [2.75, 3.05) is 20.2 Å². The molecular weight excluding hydrogens is 180 g/mol. The van der Waals surface area contributed by atoms with Crippen LogP contribution in [0.5, 0.6) is 0 Å². The Hall–Kier alpha value is -1.05. The molecule has 2 N–H and O–H groups in total. The highest BCUT2D eigenvalue weighted by atomic mass is 16.5. The molecule has 0 spiro atoms. The number of nitrogens with one attached hydrogen (secondary N) is 2. The summed E-state index contributed by atoms with van der Waals surface area (Å²) in [5.74, 6) is 2.25. The zero-order valence-electron chi connectivity index (χ0n) is 8.96. The molecule has 0 bridgehead atoms. The van der Waals surface area contributed by atoms with Crippen LogP contribution in [0.1, 0.15) is 13.8 Å². The van der Waals surface area contributed by atoms with E-state index < -0.39 is 0 Å². The highest BCUT2D eigenvalue weighted by molar-refractivity contribution is 5.81. The number of carbonyl (C=O) groups is 1. The van der Waals surface area contributed by atoms with E-state index in [1.54, 1.807) is 14.0 Å². The summed E-state index contributed by atoms with van der Waals surface area (Å²) in [6.07, 6.45) is 5.11. The van der Waals surface area contributed by atoms with Gasteiger partial charge in [0.15, 0.2) is 0 Å². The van der Waals surface area contributed by atoms with Gasteiger partial charge in [-0.25, -0.2) is 0 Å². The Morgan fingerprint density at radius 3 is 2.71 bits per heavy atom. The van der Waals surface area contributed by atoms with Gasteiger partial charge >= 0.3 is 0 Å². The van der Waals surface area contributed by atoms with Gasteiger partial charge in [-0.2, -0.15) is 0 Å². The third-order valence-corrected chi connectivity index (χ3v) is 1.87. The van der Waals surface area contributed by atoms with E-state index in [4.69, 9.17) is 11.2 Å². The van der Waals surface area contributed by atoms with Gasteiger partial charge in [0.05, 0.1) is 18.7 Å². The van der Waals surface area contributed by atoms with Crippen LogP contribution in [0.25, 0.3) is 0 Å². The first kappa shape index (κ1) is 12.9. The van der Waals surface area contributed by atoms with Crippen LogP contribution in [0.4, 0.5) is 0 Å². The fourth-order valence-electron chi connectivity index (χ4n) is 0.810. The molecular formula is C10H18N2O2. The first-order valence-corrected chi connectivity index (χ1v) is 4.59. The molecule has 4 nitrogen and oxygen atoms in total. The van der Waals surface area contributed by atoms with Crippen LogP contribution in [-0.4, -0.2) is 38.3 Å². The molecule has 14 heavy (non-hydrogen) atoms. The van der Waals surface area contributed by atoms with Crippen LogP contribution in [0.3, 0.4) is 0 Å². The summed E-state index contributed by atoms with van der Waals surface area (Å²) >= 11 is 0. The van der Waals surface area contributed by atoms with E-state index in [0.717, 1.165) is 0 Å². The molecule has 2 unspecified atom stereocenters. The van der Waals surface area contributed by atoms with Gasteiger partial charge < -0.3 is 15.4 Å². The normalized spacial score (nSPS) is 14.1. The van der Waals surface area contributed by atoms with Gasteiger partial charge in [-0.3, -0.25) is 4.79 Å². The maximum Gasteiger partial charge on any atom is 0.237 e. The first-order valence-electron chi connectivity index (χ1n) is 4.59. The number of rotatable bonds is 6. The molecule has 0 rings (SSSR count). The molecule has 80 valence electrons. The summed E-state index contributed by atoms with van der Waals surface area (Å²) in [7, 11) is 1.63. The van der Waals surface area contributed by atoms with Crippen LogP contribution in [-0.2, 0) is 9.53 Å². The van der Waals surface area contributed by atoms with E-state index in [0.29, 0.717) is 6.54 Å². The van der Waals surface area contributed by atoms with E-state index in [1.807, 2.05) is 6.92 Å². The van der Waals surface area contributed by atoms with E-state index in [2.05, 4.69) is 16.6 Å². The smallest absolute Gasteiger partial charge is 0.237 e. The maximum atomic E-state index is 11.3. The number of methoxy groups -OCH3 is 1. The molecule has 0 aliphatic rings. The van der Waals surface area contributed by atoms with Crippen molar-refractivity contribution >= 4 is 5.91 Å². The van der Waals surface area contributed by atoms with Crippen LogP contribution < -0.4 is 10.6 Å². The molecule has 0 aromatic heterocycles. The molecule has 1 amide bonds. The number of ether oxygens (including phenoxy) is 1. The van der Waals surface area contributed by atoms with E-state index in [-0.39, 0.29) is 24.6 Å². The standard InChI is InChI=1S/C10H18N2O2/c1-5-6-11-10(13)9(3)12-7-8(2)14-4/h1,8-9,12H,6-7H2,2-4H3,(H,11,13). The molecule has 0 radical (unpaired) electrons. The van der Waals surface area contributed by atoms with Crippen molar-refractivity contribution in [2.24, 2.45) is 0 Å². The third-order valence-electron chi connectivity index (χ3n) is 1.87. The summed E-state index contributed by atoms with van der Waals surface area (Å²) in [6.45, 7) is 4.62. The average molecular weight is 198 g/mol.